The van der Waals surface area contributed by atoms with Gasteiger partial charge >= 0.3 is 0 Å². The predicted octanol–water partition coefficient (Wildman–Crippen LogP) is 3.23. The summed E-state index contributed by atoms with van der Waals surface area (Å²) in [5, 5.41) is 9.45. The zero-order valence-electron chi connectivity index (χ0n) is 18.2. The van der Waals surface area contributed by atoms with E-state index in [1.165, 1.54) is 0 Å². The lowest BCUT2D eigenvalue weighted by molar-refractivity contribution is -0.366. The summed E-state index contributed by atoms with van der Waals surface area (Å²) in [6.07, 6.45) is 1.31. The molecular formula is C20H38O6Si. The summed E-state index contributed by atoms with van der Waals surface area (Å²) in [6, 6.07) is 0. The maximum atomic E-state index is 9.33. The van der Waals surface area contributed by atoms with E-state index < -0.39 is 19.7 Å². The Morgan fingerprint density at radius 1 is 1.07 bits per heavy atom. The molecule has 0 aliphatic carbocycles. The minimum atomic E-state index is -1.96. The number of hydrogen-bond donors (Lipinski definition) is 1. The van der Waals surface area contributed by atoms with Gasteiger partial charge in [-0.2, -0.15) is 0 Å². The maximum Gasteiger partial charge on any atom is 0.192 e. The SMILES string of the molecule is CC1(C)OC[C@]2(C)O[C@H](C[C@@H]3O[C@H]3CO)[C@@H](O[Si](C)(C)C(C)(C)C)C[C@H]2O1. The Kier molecular flexibility index (Phi) is 5.65. The van der Waals surface area contributed by atoms with E-state index in [2.05, 4.69) is 40.8 Å². The monoisotopic (exact) mass is 402 g/mol. The van der Waals surface area contributed by atoms with Gasteiger partial charge in [0.1, 0.15) is 11.7 Å². The van der Waals surface area contributed by atoms with Gasteiger partial charge in [-0.1, -0.05) is 20.8 Å². The lowest BCUT2D eigenvalue weighted by atomic mass is 9.86. The Morgan fingerprint density at radius 2 is 1.74 bits per heavy atom. The molecule has 3 fully saturated rings. The van der Waals surface area contributed by atoms with E-state index in [1.807, 2.05) is 13.8 Å². The van der Waals surface area contributed by atoms with Crippen LogP contribution in [0.3, 0.4) is 0 Å². The third-order valence-corrected chi connectivity index (χ3v) is 11.2. The molecule has 0 bridgehead atoms. The first-order valence-corrected chi connectivity index (χ1v) is 13.1. The van der Waals surface area contributed by atoms with Crippen molar-refractivity contribution in [2.24, 2.45) is 0 Å². The van der Waals surface area contributed by atoms with Crippen LogP contribution in [0.4, 0.5) is 0 Å². The third kappa shape index (κ3) is 4.60. The second-order valence-electron chi connectivity index (χ2n) is 10.5. The Balaban J connectivity index is 1.78. The van der Waals surface area contributed by atoms with Crippen LogP contribution in [0, 0.1) is 0 Å². The Labute approximate surface area is 165 Å². The fourth-order valence-corrected chi connectivity index (χ4v) is 5.12. The van der Waals surface area contributed by atoms with Crippen LogP contribution in [0.15, 0.2) is 0 Å². The molecule has 3 aliphatic heterocycles. The predicted molar refractivity (Wildman–Crippen MR) is 105 cm³/mol. The molecule has 0 spiro atoms. The van der Waals surface area contributed by atoms with Crippen LogP contribution in [0.1, 0.15) is 54.4 Å². The summed E-state index contributed by atoms with van der Waals surface area (Å²) >= 11 is 0. The van der Waals surface area contributed by atoms with E-state index in [9.17, 15) is 5.11 Å². The standard InChI is InChI=1S/C20H38O6Si/c1-18(2,3)27(7,8)26-15-10-17-20(6,12-22-19(4,5)25-17)24-14(15)9-13-16(11-21)23-13/h13-17,21H,9-12H2,1-8H3/t13-,14+,15-,16-,17+,20-/m0/s1. The largest absolute Gasteiger partial charge is 0.411 e. The van der Waals surface area contributed by atoms with Crippen LogP contribution in [0.2, 0.25) is 18.1 Å². The summed E-state index contributed by atoms with van der Waals surface area (Å²) in [6.45, 7) is 17.8. The van der Waals surface area contributed by atoms with Crippen molar-refractivity contribution in [3.05, 3.63) is 0 Å². The number of rotatable bonds is 5. The first-order valence-electron chi connectivity index (χ1n) is 10.2. The van der Waals surface area contributed by atoms with Crippen molar-refractivity contribution in [2.45, 2.75) is 114 Å². The lowest BCUT2D eigenvalue weighted by Gasteiger charge is -2.54. The second kappa shape index (κ2) is 7.04. The summed E-state index contributed by atoms with van der Waals surface area (Å²) < 4.78 is 31.1. The number of ether oxygens (including phenoxy) is 4. The van der Waals surface area contributed by atoms with Gasteiger partial charge in [0.2, 0.25) is 0 Å². The van der Waals surface area contributed by atoms with E-state index in [4.69, 9.17) is 23.4 Å². The van der Waals surface area contributed by atoms with Gasteiger partial charge in [-0.05, 0) is 38.9 Å². The molecule has 0 radical (unpaired) electrons. The molecule has 1 N–H and O–H groups in total. The van der Waals surface area contributed by atoms with Crippen molar-refractivity contribution in [1.29, 1.82) is 0 Å². The molecule has 158 valence electrons. The molecule has 0 aromatic rings. The Hall–Kier alpha value is -0.0231. The summed E-state index contributed by atoms with van der Waals surface area (Å²) in [5.41, 5.74) is -0.489. The van der Waals surface area contributed by atoms with Crippen LogP contribution >= 0.6 is 0 Å². The van der Waals surface area contributed by atoms with E-state index in [-0.39, 0.29) is 42.2 Å². The smallest absolute Gasteiger partial charge is 0.192 e. The molecule has 27 heavy (non-hydrogen) atoms. The minimum absolute atomic E-state index is 0.0404. The highest BCUT2D eigenvalue weighted by Crippen LogP contribution is 2.45. The fraction of sp³-hybridized carbons (Fsp3) is 1.00. The third-order valence-electron chi connectivity index (χ3n) is 6.68. The highest BCUT2D eigenvalue weighted by Gasteiger charge is 2.55. The normalized spacial score (nSPS) is 41.9. The van der Waals surface area contributed by atoms with Gasteiger partial charge < -0.3 is 28.5 Å². The van der Waals surface area contributed by atoms with E-state index >= 15 is 0 Å². The van der Waals surface area contributed by atoms with Crippen LogP contribution in [-0.4, -0.2) is 68.5 Å². The van der Waals surface area contributed by atoms with E-state index in [1.54, 1.807) is 0 Å². The molecule has 7 heteroatoms. The van der Waals surface area contributed by atoms with Gasteiger partial charge in [0.25, 0.3) is 0 Å². The molecule has 6 atom stereocenters. The van der Waals surface area contributed by atoms with Gasteiger partial charge in [0, 0.05) is 12.8 Å². The lowest BCUT2D eigenvalue weighted by Crippen LogP contribution is -2.65. The molecule has 3 heterocycles. The van der Waals surface area contributed by atoms with Crippen LogP contribution in [0.25, 0.3) is 0 Å². The number of aliphatic hydroxyl groups excluding tert-OH is 1. The van der Waals surface area contributed by atoms with Crippen LogP contribution in [-0.2, 0) is 23.4 Å². The number of fused-ring (bicyclic) bond motifs is 1. The van der Waals surface area contributed by atoms with Crippen molar-refractivity contribution in [1.82, 2.24) is 0 Å². The molecule has 3 aliphatic rings. The maximum absolute atomic E-state index is 9.33. The summed E-state index contributed by atoms with van der Waals surface area (Å²) in [5.74, 6) is -0.608. The average Bonchev–Trinajstić information content (AvgIpc) is 3.26. The quantitative estimate of drug-likeness (QED) is 0.562. The van der Waals surface area contributed by atoms with Crippen molar-refractivity contribution < 1.29 is 28.5 Å². The zero-order chi connectivity index (χ0) is 20.3. The van der Waals surface area contributed by atoms with Crippen LogP contribution in [0.5, 0.6) is 0 Å². The number of hydrogen-bond acceptors (Lipinski definition) is 6. The topological polar surface area (TPSA) is 69.7 Å². The molecule has 6 nitrogen and oxygen atoms in total. The molecule has 0 unspecified atom stereocenters. The van der Waals surface area contributed by atoms with Gasteiger partial charge in [-0.25, -0.2) is 0 Å². The van der Waals surface area contributed by atoms with Crippen molar-refractivity contribution in [2.75, 3.05) is 13.2 Å². The second-order valence-corrected chi connectivity index (χ2v) is 15.3. The molecule has 0 aromatic heterocycles. The number of aliphatic hydroxyl groups is 1. The molecule has 0 aromatic carbocycles. The van der Waals surface area contributed by atoms with Crippen molar-refractivity contribution in [3.63, 3.8) is 0 Å². The molecule has 0 amide bonds. The fourth-order valence-electron chi connectivity index (χ4n) is 3.76. The zero-order valence-corrected chi connectivity index (χ0v) is 19.2. The molecular weight excluding hydrogens is 364 g/mol. The highest BCUT2D eigenvalue weighted by atomic mass is 28.4. The first kappa shape index (κ1) is 21.7. The molecule has 3 saturated heterocycles. The molecule has 0 saturated carbocycles. The van der Waals surface area contributed by atoms with Gasteiger partial charge in [0.05, 0.1) is 37.6 Å². The van der Waals surface area contributed by atoms with Crippen molar-refractivity contribution >= 4 is 8.32 Å². The van der Waals surface area contributed by atoms with Crippen LogP contribution < -0.4 is 0 Å². The van der Waals surface area contributed by atoms with Crippen molar-refractivity contribution in [3.8, 4) is 0 Å². The average molecular weight is 403 g/mol. The summed E-state index contributed by atoms with van der Waals surface area (Å²) in [4.78, 5) is 0. The Bertz CT molecular complexity index is 545. The summed E-state index contributed by atoms with van der Waals surface area (Å²) in [7, 11) is -1.96. The van der Waals surface area contributed by atoms with E-state index in [0.29, 0.717) is 6.61 Å². The van der Waals surface area contributed by atoms with Gasteiger partial charge in [0.15, 0.2) is 14.1 Å². The number of epoxide rings is 1. The first-order chi connectivity index (χ1) is 12.3. The van der Waals surface area contributed by atoms with Gasteiger partial charge in [-0.15, -0.1) is 0 Å². The van der Waals surface area contributed by atoms with E-state index in [0.717, 1.165) is 12.8 Å². The minimum Gasteiger partial charge on any atom is -0.411 e. The highest BCUT2D eigenvalue weighted by molar-refractivity contribution is 6.74. The van der Waals surface area contributed by atoms with Gasteiger partial charge in [-0.3, -0.25) is 0 Å². The Morgan fingerprint density at radius 3 is 2.30 bits per heavy atom. The molecule has 3 rings (SSSR count).